The van der Waals surface area contributed by atoms with Gasteiger partial charge in [-0.2, -0.15) is 4.57 Å². The van der Waals surface area contributed by atoms with Crippen LogP contribution < -0.4 is 9.88 Å². The molecular formula is C17H20N3O2+. The van der Waals surface area contributed by atoms with E-state index in [1.165, 1.54) is 4.90 Å². The van der Waals surface area contributed by atoms with E-state index in [1.54, 1.807) is 43.2 Å². The summed E-state index contributed by atoms with van der Waals surface area (Å²) in [4.78, 5) is 25.4. The molecule has 0 unspecified atom stereocenters. The fourth-order valence-corrected chi connectivity index (χ4v) is 2.02. The van der Waals surface area contributed by atoms with Crippen molar-refractivity contribution in [3.63, 3.8) is 0 Å². The second-order valence-corrected chi connectivity index (χ2v) is 5.23. The number of nitrogens with zero attached hydrogens (tertiary/aromatic N) is 2. The summed E-state index contributed by atoms with van der Waals surface area (Å²) in [5.41, 5.74) is 1.61. The smallest absolute Gasteiger partial charge is 0.286 e. The van der Waals surface area contributed by atoms with Crippen molar-refractivity contribution >= 4 is 11.8 Å². The molecule has 114 valence electrons. The van der Waals surface area contributed by atoms with Gasteiger partial charge in [-0.3, -0.25) is 9.59 Å². The molecule has 0 aliphatic rings. The molecule has 5 nitrogen and oxygen atoms in total. The molecule has 0 spiro atoms. The van der Waals surface area contributed by atoms with E-state index in [2.05, 4.69) is 5.32 Å². The van der Waals surface area contributed by atoms with E-state index in [-0.39, 0.29) is 18.4 Å². The van der Waals surface area contributed by atoms with Crippen molar-refractivity contribution in [3.05, 3.63) is 66.0 Å². The number of carbonyl (C=O) groups is 2. The van der Waals surface area contributed by atoms with Crippen LogP contribution in [0.2, 0.25) is 0 Å². The van der Waals surface area contributed by atoms with Crippen LogP contribution in [0.4, 0.5) is 0 Å². The molecule has 2 aromatic rings. The summed E-state index contributed by atoms with van der Waals surface area (Å²) in [5, 5.41) is 2.86. The Balaban J connectivity index is 1.94. The Morgan fingerprint density at radius 1 is 1.09 bits per heavy atom. The van der Waals surface area contributed by atoms with Crippen molar-refractivity contribution in [3.8, 4) is 0 Å². The lowest BCUT2D eigenvalue weighted by Gasteiger charge is -2.09. The zero-order chi connectivity index (χ0) is 15.9. The van der Waals surface area contributed by atoms with E-state index in [1.807, 2.05) is 30.3 Å². The van der Waals surface area contributed by atoms with Crippen LogP contribution in [0.3, 0.4) is 0 Å². The zero-order valence-electron chi connectivity index (χ0n) is 12.8. The first-order valence-corrected chi connectivity index (χ1v) is 7.07. The monoisotopic (exact) mass is 298 g/mol. The molecule has 0 fully saturated rings. The standard InChI is InChI=1S/C17H19N3O2/c1-19(2)17(22)15-9-6-10-20(12-15)13-16(21)18-11-14-7-4-3-5-8-14/h3-10,12H,11,13H2,1-2H3/p+1. The number of hydrogen-bond acceptors (Lipinski definition) is 2. The maximum Gasteiger partial charge on any atom is 0.286 e. The van der Waals surface area contributed by atoms with Crippen molar-refractivity contribution in [1.29, 1.82) is 0 Å². The molecule has 0 aliphatic heterocycles. The van der Waals surface area contributed by atoms with Crippen LogP contribution in [-0.2, 0) is 17.9 Å². The minimum Gasteiger partial charge on any atom is -0.347 e. The number of benzene rings is 1. The van der Waals surface area contributed by atoms with E-state index in [9.17, 15) is 9.59 Å². The maximum absolute atomic E-state index is 12.0. The Morgan fingerprint density at radius 3 is 2.50 bits per heavy atom. The quantitative estimate of drug-likeness (QED) is 0.837. The van der Waals surface area contributed by atoms with E-state index < -0.39 is 0 Å². The summed E-state index contributed by atoms with van der Waals surface area (Å²) < 4.78 is 1.71. The molecule has 2 rings (SSSR count). The van der Waals surface area contributed by atoms with E-state index >= 15 is 0 Å². The number of hydrogen-bond donors (Lipinski definition) is 1. The Bertz CT molecular complexity index is 654. The highest BCUT2D eigenvalue weighted by Gasteiger charge is 2.14. The SMILES string of the molecule is CN(C)C(=O)c1ccc[n+](CC(=O)NCc2ccccc2)c1. The van der Waals surface area contributed by atoms with Gasteiger partial charge in [0.1, 0.15) is 5.56 Å². The second kappa shape index (κ2) is 7.36. The second-order valence-electron chi connectivity index (χ2n) is 5.23. The van der Waals surface area contributed by atoms with Gasteiger partial charge in [-0.05, 0) is 11.6 Å². The van der Waals surface area contributed by atoms with Gasteiger partial charge in [0.15, 0.2) is 12.4 Å². The molecule has 1 aromatic heterocycles. The third-order valence-electron chi connectivity index (χ3n) is 3.17. The lowest BCUT2D eigenvalue weighted by atomic mass is 10.2. The van der Waals surface area contributed by atoms with Crippen LogP contribution in [0.5, 0.6) is 0 Å². The molecule has 1 heterocycles. The van der Waals surface area contributed by atoms with Crippen LogP contribution in [0.1, 0.15) is 15.9 Å². The van der Waals surface area contributed by atoms with Crippen LogP contribution in [0, 0.1) is 0 Å². The number of rotatable bonds is 5. The molecule has 1 aromatic carbocycles. The summed E-state index contributed by atoms with van der Waals surface area (Å²) in [7, 11) is 3.40. The van der Waals surface area contributed by atoms with Crippen molar-refractivity contribution in [2.75, 3.05) is 14.1 Å². The van der Waals surface area contributed by atoms with Gasteiger partial charge in [-0.25, -0.2) is 0 Å². The third kappa shape index (κ3) is 4.41. The Kier molecular flexibility index (Phi) is 5.25. The highest BCUT2D eigenvalue weighted by atomic mass is 16.2. The van der Waals surface area contributed by atoms with Crippen molar-refractivity contribution in [2.45, 2.75) is 13.1 Å². The summed E-state index contributed by atoms with van der Waals surface area (Å²) in [6, 6.07) is 13.2. The summed E-state index contributed by atoms with van der Waals surface area (Å²) in [6.45, 7) is 0.679. The Hall–Kier alpha value is -2.69. The molecule has 0 atom stereocenters. The average molecular weight is 298 g/mol. The normalized spacial score (nSPS) is 10.1. The number of pyridine rings is 1. The highest BCUT2D eigenvalue weighted by Crippen LogP contribution is 1.99. The highest BCUT2D eigenvalue weighted by molar-refractivity contribution is 5.93. The molecule has 0 radical (unpaired) electrons. The van der Waals surface area contributed by atoms with Gasteiger partial charge in [-0.1, -0.05) is 30.3 Å². The number of amides is 2. The molecule has 0 saturated heterocycles. The number of carbonyl (C=O) groups excluding carboxylic acids is 2. The maximum atomic E-state index is 12.0. The molecule has 0 aliphatic carbocycles. The third-order valence-corrected chi connectivity index (χ3v) is 3.17. The summed E-state index contributed by atoms with van der Waals surface area (Å²) in [6.07, 6.45) is 3.46. The number of nitrogens with one attached hydrogen (secondary N) is 1. The first kappa shape index (κ1) is 15.7. The first-order chi connectivity index (χ1) is 10.6. The van der Waals surface area contributed by atoms with E-state index in [4.69, 9.17) is 0 Å². The fourth-order valence-electron chi connectivity index (χ4n) is 2.02. The lowest BCUT2D eigenvalue weighted by molar-refractivity contribution is -0.684. The van der Waals surface area contributed by atoms with Crippen LogP contribution in [-0.4, -0.2) is 30.8 Å². The Labute approximate surface area is 130 Å². The van der Waals surface area contributed by atoms with Crippen molar-refractivity contribution < 1.29 is 14.2 Å². The zero-order valence-corrected chi connectivity index (χ0v) is 12.8. The van der Waals surface area contributed by atoms with Crippen LogP contribution >= 0.6 is 0 Å². The molecule has 2 amide bonds. The summed E-state index contributed by atoms with van der Waals surface area (Å²) in [5.74, 6) is -0.178. The Morgan fingerprint density at radius 2 is 1.82 bits per heavy atom. The van der Waals surface area contributed by atoms with E-state index in [0.717, 1.165) is 5.56 Å². The topological polar surface area (TPSA) is 53.3 Å². The fraction of sp³-hybridized carbons (Fsp3) is 0.235. The molecule has 5 heteroatoms. The largest absolute Gasteiger partial charge is 0.347 e. The van der Waals surface area contributed by atoms with Crippen LogP contribution in [0.25, 0.3) is 0 Å². The first-order valence-electron chi connectivity index (χ1n) is 7.07. The molecule has 1 N–H and O–H groups in total. The van der Waals surface area contributed by atoms with Gasteiger partial charge >= 0.3 is 0 Å². The molecule has 0 bridgehead atoms. The van der Waals surface area contributed by atoms with Gasteiger partial charge in [0.2, 0.25) is 6.54 Å². The van der Waals surface area contributed by atoms with Crippen LogP contribution in [0.15, 0.2) is 54.9 Å². The van der Waals surface area contributed by atoms with Gasteiger partial charge in [0.25, 0.3) is 11.8 Å². The van der Waals surface area contributed by atoms with Gasteiger partial charge in [0, 0.05) is 26.7 Å². The van der Waals surface area contributed by atoms with Gasteiger partial charge < -0.3 is 10.2 Å². The minimum absolute atomic E-state index is 0.0842. The predicted molar refractivity (Wildman–Crippen MR) is 82.9 cm³/mol. The average Bonchev–Trinajstić information content (AvgIpc) is 2.53. The van der Waals surface area contributed by atoms with Gasteiger partial charge in [0.05, 0.1) is 0 Å². The minimum atomic E-state index is -0.0942. The number of aromatic nitrogens is 1. The van der Waals surface area contributed by atoms with E-state index in [0.29, 0.717) is 12.1 Å². The van der Waals surface area contributed by atoms with Crippen molar-refractivity contribution in [2.24, 2.45) is 0 Å². The molecule has 0 saturated carbocycles. The van der Waals surface area contributed by atoms with Gasteiger partial charge in [-0.15, -0.1) is 0 Å². The van der Waals surface area contributed by atoms with Crippen molar-refractivity contribution in [1.82, 2.24) is 10.2 Å². The predicted octanol–water partition coefficient (Wildman–Crippen LogP) is 0.992. The molecular weight excluding hydrogens is 278 g/mol. The lowest BCUT2D eigenvalue weighted by Crippen LogP contribution is -2.43. The summed E-state index contributed by atoms with van der Waals surface area (Å²) >= 11 is 0. The molecule has 22 heavy (non-hydrogen) atoms.